The molecule has 1 saturated heterocycles. The quantitative estimate of drug-likeness (QED) is 0.286. The van der Waals surface area contributed by atoms with Gasteiger partial charge in [0.05, 0.1) is 0 Å². The van der Waals surface area contributed by atoms with E-state index in [9.17, 15) is 0 Å². The van der Waals surface area contributed by atoms with E-state index >= 15 is 0 Å². The first kappa shape index (κ1) is 22.3. The second kappa shape index (κ2) is 9.03. The van der Waals surface area contributed by atoms with Crippen molar-refractivity contribution < 1.29 is 4.52 Å². The molecule has 0 aromatic heterocycles. The summed E-state index contributed by atoms with van der Waals surface area (Å²) in [7, 11) is 0. The standard InChI is InChI=1S/C32H29OP/c1-3-17-30-31(4-2)34(27-20-11-6-12-21-27,28-22-13-7-14-23-28,29-24-15-8-16-25-29)33-32(30)26-18-9-5-10-19-26/h3-25,32H,1H2,2H3/b30-17?,31-4+/t32-/m0/s1. The van der Waals surface area contributed by atoms with Crippen molar-refractivity contribution in [2.45, 2.75) is 13.0 Å². The van der Waals surface area contributed by atoms with E-state index < -0.39 is 6.83 Å². The van der Waals surface area contributed by atoms with Gasteiger partial charge in [0, 0.05) is 0 Å². The molecular weight excluding hydrogens is 431 g/mol. The molecule has 1 aliphatic heterocycles. The average Bonchev–Trinajstić information content (AvgIpc) is 3.23. The van der Waals surface area contributed by atoms with Gasteiger partial charge in [0.25, 0.3) is 0 Å². The number of allylic oxidation sites excluding steroid dienone is 3. The normalized spacial score (nSPS) is 22.1. The van der Waals surface area contributed by atoms with Crippen molar-refractivity contribution in [1.82, 2.24) is 0 Å². The third-order valence-corrected chi connectivity index (χ3v) is 12.7. The van der Waals surface area contributed by atoms with Crippen LogP contribution in [-0.4, -0.2) is 0 Å². The van der Waals surface area contributed by atoms with Gasteiger partial charge in [-0.25, -0.2) is 0 Å². The molecule has 2 heteroatoms. The molecule has 4 aromatic rings. The summed E-state index contributed by atoms with van der Waals surface area (Å²) in [5.74, 6) is 0. The molecule has 0 N–H and O–H groups in total. The van der Waals surface area contributed by atoms with Crippen LogP contribution in [-0.2, 0) is 4.52 Å². The molecule has 0 saturated carbocycles. The molecule has 1 aliphatic rings. The maximum atomic E-state index is 7.70. The van der Waals surface area contributed by atoms with E-state index in [0.717, 1.165) is 11.1 Å². The van der Waals surface area contributed by atoms with Gasteiger partial charge in [0.15, 0.2) is 0 Å². The number of hydrogen-bond acceptors (Lipinski definition) is 1. The zero-order chi connectivity index (χ0) is 23.5. The molecule has 34 heavy (non-hydrogen) atoms. The summed E-state index contributed by atoms with van der Waals surface area (Å²) in [6.45, 7) is 2.63. The summed E-state index contributed by atoms with van der Waals surface area (Å²) in [5.41, 5.74) is 2.31. The van der Waals surface area contributed by atoms with E-state index in [1.165, 1.54) is 21.2 Å². The van der Waals surface area contributed by atoms with Crippen molar-refractivity contribution in [3.63, 3.8) is 0 Å². The van der Waals surface area contributed by atoms with Crippen LogP contribution in [0.15, 0.2) is 157 Å². The predicted octanol–water partition coefficient (Wildman–Crippen LogP) is 7.22. The average molecular weight is 461 g/mol. The molecule has 1 fully saturated rings. The van der Waals surface area contributed by atoms with E-state index in [0.29, 0.717) is 0 Å². The summed E-state index contributed by atoms with van der Waals surface area (Å²) in [6, 6.07) is 42.9. The van der Waals surface area contributed by atoms with Gasteiger partial charge in [-0.3, -0.25) is 0 Å². The van der Waals surface area contributed by atoms with E-state index in [1.807, 2.05) is 6.08 Å². The molecule has 168 valence electrons. The third-order valence-electron chi connectivity index (χ3n) is 6.77. The molecule has 1 nitrogen and oxygen atoms in total. The molecule has 0 bridgehead atoms. The van der Waals surface area contributed by atoms with E-state index in [-0.39, 0.29) is 6.10 Å². The van der Waals surface area contributed by atoms with E-state index in [1.54, 1.807) is 0 Å². The van der Waals surface area contributed by atoms with Crippen molar-refractivity contribution in [1.29, 1.82) is 0 Å². The predicted molar refractivity (Wildman–Crippen MR) is 147 cm³/mol. The van der Waals surface area contributed by atoms with Gasteiger partial charge < -0.3 is 0 Å². The van der Waals surface area contributed by atoms with Crippen LogP contribution in [0.25, 0.3) is 0 Å². The summed E-state index contributed by atoms with van der Waals surface area (Å²) in [6.07, 6.45) is 6.07. The molecule has 0 unspecified atom stereocenters. The third kappa shape index (κ3) is 3.09. The summed E-state index contributed by atoms with van der Waals surface area (Å²) in [4.78, 5) is 0. The molecule has 0 radical (unpaired) electrons. The molecule has 1 heterocycles. The summed E-state index contributed by atoms with van der Waals surface area (Å²) < 4.78 is 7.70. The maximum absolute atomic E-state index is 7.70. The van der Waals surface area contributed by atoms with Gasteiger partial charge in [-0.15, -0.1) is 0 Å². The van der Waals surface area contributed by atoms with Crippen molar-refractivity contribution in [3.8, 4) is 0 Å². The van der Waals surface area contributed by atoms with Gasteiger partial charge >= 0.3 is 203 Å². The van der Waals surface area contributed by atoms with Crippen LogP contribution >= 0.6 is 6.83 Å². The van der Waals surface area contributed by atoms with Crippen molar-refractivity contribution in [3.05, 3.63) is 163 Å². The topological polar surface area (TPSA) is 9.23 Å². The van der Waals surface area contributed by atoms with Crippen molar-refractivity contribution >= 4 is 22.7 Å². The summed E-state index contributed by atoms with van der Waals surface area (Å²) >= 11 is 0. The zero-order valence-electron chi connectivity index (χ0n) is 19.4. The van der Waals surface area contributed by atoms with Crippen LogP contribution in [0.3, 0.4) is 0 Å². The van der Waals surface area contributed by atoms with Crippen LogP contribution in [0.4, 0.5) is 0 Å². The Morgan fingerprint density at radius 3 is 1.44 bits per heavy atom. The Balaban J connectivity index is 2.01. The molecule has 4 aromatic carbocycles. The first-order valence-electron chi connectivity index (χ1n) is 11.7. The van der Waals surface area contributed by atoms with Crippen LogP contribution in [0.1, 0.15) is 18.6 Å². The second-order valence-corrected chi connectivity index (χ2v) is 12.8. The molecule has 0 amide bonds. The van der Waals surface area contributed by atoms with Crippen molar-refractivity contribution in [2.24, 2.45) is 0 Å². The van der Waals surface area contributed by atoms with Crippen molar-refractivity contribution in [2.75, 3.05) is 0 Å². The molecule has 0 spiro atoms. The van der Waals surface area contributed by atoms with Gasteiger partial charge in [-0.05, 0) is 0 Å². The van der Waals surface area contributed by atoms with Gasteiger partial charge in [-0.2, -0.15) is 0 Å². The fourth-order valence-corrected chi connectivity index (χ4v) is 11.7. The van der Waals surface area contributed by atoms with E-state index in [2.05, 4.69) is 147 Å². The minimum atomic E-state index is -3.57. The van der Waals surface area contributed by atoms with Gasteiger partial charge in [0.1, 0.15) is 0 Å². The Labute approximate surface area is 202 Å². The Morgan fingerprint density at radius 2 is 1.06 bits per heavy atom. The second-order valence-electron chi connectivity index (χ2n) is 8.47. The van der Waals surface area contributed by atoms with E-state index in [4.69, 9.17) is 4.52 Å². The van der Waals surface area contributed by atoms with Gasteiger partial charge in [0.2, 0.25) is 0 Å². The molecular formula is C32H29OP. The molecule has 5 rings (SSSR count). The SMILES string of the molecule is C=CC=C1/C(=C\C)P(c2ccccc2)(c2ccccc2)(c2ccccc2)O[C@H]1c1ccccc1. The Kier molecular flexibility index (Phi) is 5.92. The van der Waals surface area contributed by atoms with Gasteiger partial charge in [-0.1, -0.05) is 0 Å². The van der Waals surface area contributed by atoms with Crippen LogP contribution in [0.5, 0.6) is 0 Å². The first-order valence-corrected chi connectivity index (χ1v) is 13.8. The van der Waals surface area contributed by atoms with Crippen LogP contribution in [0, 0.1) is 0 Å². The summed E-state index contributed by atoms with van der Waals surface area (Å²) in [5, 5.41) is 4.84. The monoisotopic (exact) mass is 460 g/mol. The fourth-order valence-electron chi connectivity index (χ4n) is 5.47. The number of hydrogen-bond donors (Lipinski definition) is 0. The Morgan fingerprint density at radius 1 is 0.647 bits per heavy atom. The fraction of sp³-hybridized carbons (Fsp3) is 0.0625. The first-order chi connectivity index (χ1) is 16.8. The zero-order valence-corrected chi connectivity index (χ0v) is 20.3. The Hall–Kier alpha value is -3.51. The molecule has 1 atom stereocenters. The number of benzene rings is 4. The number of rotatable bonds is 5. The molecule has 0 aliphatic carbocycles. The van der Waals surface area contributed by atoms with Crippen LogP contribution in [0.2, 0.25) is 0 Å². The minimum absolute atomic E-state index is 0.219. The van der Waals surface area contributed by atoms with Crippen LogP contribution < -0.4 is 15.9 Å². The Bertz CT molecular complexity index is 1240.